The minimum absolute atomic E-state index is 0.0635. The number of nitrogens with two attached hydrogens (primary N) is 2. The van der Waals surface area contributed by atoms with Crippen LogP contribution in [0, 0.1) is 0 Å². The van der Waals surface area contributed by atoms with Gasteiger partial charge in [0.1, 0.15) is 6.04 Å². The van der Waals surface area contributed by atoms with Crippen molar-refractivity contribution >= 4 is 11.8 Å². The van der Waals surface area contributed by atoms with Crippen LogP contribution in [0.25, 0.3) is 0 Å². The number of rotatable bonds is 6. The lowest BCUT2D eigenvalue weighted by molar-refractivity contribution is -0.138. The predicted octanol–water partition coefficient (Wildman–Crippen LogP) is 0.313. The molecule has 6 heteroatoms. The molecule has 0 aliphatic heterocycles. The lowest BCUT2D eigenvalue weighted by Crippen LogP contribution is -2.32. The first-order valence-electron chi connectivity index (χ1n) is 6.08. The lowest BCUT2D eigenvalue weighted by Gasteiger charge is -2.07. The van der Waals surface area contributed by atoms with Crippen molar-refractivity contribution in [3.63, 3.8) is 0 Å². The molecular formula is C13H21N3O3. The van der Waals surface area contributed by atoms with Crippen LogP contribution in [0.15, 0.2) is 24.3 Å². The van der Waals surface area contributed by atoms with Gasteiger partial charge < -0.3 is 10.8 Å². The molecule has 0 bridgehead atoms. The zero-order valence-corrected chi connectivity index (χ0v) is 11.2. The summed E-state index contributed by atoms with van der Waals surface area (Å²) in [6.45, 7) is 4.06. The number of ketones is 1. The highest BCUT2D eigenvalue weighted by Crippen LogP contribution is 2.07. The van der Waals surface area contributed by atoms with Crippen molar-refractivity contribution in [3.8, 4) is 0 Å². The summed E-state index contributed by atoms with van der Waals surface area (Å²) < 4.78 is 0. The summed E-state index contributed by atoms with van der Waals surface area (Å²) >= 11 is 0. The average molecular weight is 267 g/mol. The van der Waals surface area contributed by atoms with E-state index < -0.39 is 12.0 Å². The number of carbonyl (C=O) groups excluding carboxylic acids is 1. The highest BCUT2D eigenvalue weighted by molar-refractivity contribution is 5.97. The van der Waals surface area contributed by atoms with E-state index in [1.807, 2.05) is 13.8 Å². The number of nitrogens with one attached hydrogen (secondary N) is 1. The van der Waals surface area contributed by atoms with Crippen molar-refractivity contribution in [2.75, 3.05) is 6.54 Å². The van der Waals surface area contributed by atoms with Crippen LogP contribution in [0.1, 0.15) is 29.8 Å². The molecule has 0 amide bonds. The van der Waals surface area contributed by atoms with E-state index >= 15 is 0 Å². The highest BCUT2D eigenvalue weighted by Gasteiger charge is 2.12. The van der Waals surface area contributed by atoms with Gasteiger partial charge in [-0.1, -0.05) is 38.1 Å². The van der Waals surface area contributed by atoms with Gasteiger partial charge in [-0.05, 0) is 12.0 Å². The monoisotopic (exact) mass is 267 g/mol. The molecule has 0 saturated carbocycles. The molecule has 0 fully saturated rings. The third kappa shape index (κ3) is 6.10. The Kier molecular flexibility index (Phi) is 8.35. The third-order valence-corrected chi connectivity index (χ3v) is 2.31. The summed E-state index contributed by atoms with van der Waals surface area (Å²) in [5, 5.41) is 8.65. The van der Waals surface area contributed by atoms with E-state index in [-0.39, 0.29) is 18.7 Å². The Morgan fingerprint density at radius 2 is 1.79 bits per heavy atom. The summed E-state index contributed by atoms with van der Waals surface area (Å²) in [7, 11) is 0. The molecule has 106 valence electrons. The molecule has 0 saturated heterocycles. The van der Waals surface area contributed by atoms with E-state index in [9.17, 15) is 9.59 Å². The first-order chi connectivity index (χ1) is 9.04. The van der Waals surface area contributed by atoms with Gasteiger partial charge in [-0.15, -0.1) is 0 Å². The van der Waals surface area contributed by atoms with Crippen LogP contribution in [0.3, 0.4) is 0 Å². The van der Waals surface area contributed by atoms with E-state index in [1.54, 1.807) is 24.3 Å². The summed E-state index contributed by atoms with van der Waals surface area (Å²) in [5.41, 5.74) is 8.98. The molecule has 19 heavy (non-hydrogen) atoms. The quantitative estimate of drug-likeness (QED) is 0.335. The molecule has 0 heterocycles. The second kappa shape index (κ2) is 9.21. The molecule has 1 aromatic carbocycles. The van der Waals surface area contributed by atoms with Crippen LogP contribution < -0.4 is 17.0 Å². The van der Waals surface area contributed by atoms with Crippen LogP contribution in [0.2, 0.25) is 0 Å². The van der Waals surface area contributed by atoms with Crippen molar-refractivity contribution in [2.45, 2.75) is 26.3 Å². The van der Waals surface area contributed by atoms with Crippen LogP contribution >= 0.6 is 0 Å². The lowest BCUT2D eigenvalue weighted by atomic mass is 10.0. The van der Waals surface area contributed by atoms with Crippen molar-refractivity contribution in [1.82, 2.24) is 5.43 Å². The number of carbonyl (C=O) groups is 2. The Balaban J connectivity index is 0.00000154. The fourth-order valence-corrected chi connectivity index (χ4v) is 1.36. The molecule has 1 unspecified atom stereocenters. The summed E-state index contributed by atoms with van der Waals surface area (Å²) in [6.07, 6.45) is 0.235. The second-order valence-electron chi connectivity index (χ2n) is 3.65. The summed E-state index contributed by atoms with van der Waals surface area (Å²) in [6, 6.07) is 5.70. The van der Waals surface area contributed by atoms with E-state index in [1.165, 1.54) is 0 Å². The smallest absolute Gasteiger partial charge is 0.320 e. The minimum atomic E-state index is -1.04. The SMILES string of the molecule is CC.NNCC(=O)c1ccc(CC(N)C(=O)O)cc1. The zero-order chi connectivity index (χ0) is 14.8. The minimum Gasteiger partial charge on any atom is -0.480 e. The van der Waals surface area contributed by atoms with Gasteiger partial charge in [0.05, 0.1) is 6.54 Å². The van der Waals surface area contributed by atoms with Crippen LogP contribution in [-0.4, -0.2) is 29.4 Å². The normalized spacial score (nSPS) is 11.2. The van der Waals surface area contributed by atoms with Gasteiger partial charge in [-0.2, -0.15) is 0 Å². The largest absolute Gasteiger partial charge is 0.480 e. The van der Waals surface area contributed by atoms with Gasteiger partial charge in [0, 0.05) is 5.56 Å². The molecule has 0 aliphatic rings. The van der Waals surface area contributed by atoms with Gasteiger partial charge in [0.15, 0.2) is 5.78 Å². The maximum absolute atomic E-state index is 11.4. The summed E-state index contributed by atoms with van der Waals surface area (Å²) in [5.74, 6) is 3.88. The highest BCUT2D eigenvalue weighted by atomic mass is 16.4. The topological polar surface area (TPSA) is 118 Å². The number of hydrazine groups is 1. The molecule has 1 rings (SSSR count). The number of Topliss-reactive ketones (excluding diaryl/α,β-unsaturated/α-hetero) is 1. The van der Waals surface area contributed by atoms with Gasteiger partial charge in [0.25, 0.3) is 0 Å². The molecule has 0 aromatic heterocycles. The van der Waals surface area contributed by atoms with Gasteiger partial charge in [0.2, 0.25) is 0 Å². The Labute approximate surface area is 112 Å². The van der Waals surface area contributed by atoms with Crippen LogP contribution in [0.4, 0.5) is 0 Å². The fourth-order valence-electron chi connectivity index (χ4n) is 1.36. The fraction of sp³-hybridized carbons (Fsp3) is 0.385. The van der Waals surface area contributed by atoms with Crippen LogP contribution in [0.5, 0.6) is 0 Å². The second-order valence-corrected chi connectivity index (χ2v) is 3.65. The van der Waals surface area contributed by atoms with E-state index in [4.69, 9.17) is 16.7 Å². The van der Waals surface area contributed by atoms with Crippen molar-refractivity contribution in [3.05, 3.63) is 35.4 Å². The first-order valence-corrected chi connectivity index (χ1v) is 6.08. The van der Waals surface area contributed by atoms with Crippen molar-refractivity contribution in [1.29, 1.82) is 0 Å². The number of benzene rings is 1. The van der Waals surface area contributed by atoms with Gasteiger partial charge in [-0.25, -0.2) is 0 Å². The van der Waals surface area contributed by atoms with Gasteiger partial charge in [-0.3, -0.25) is 20.9 Å². The Morgan fingerprint density at radius 3 is 2.21 bits per heavy atom. The number of hydrogen-bond acceptors (Lipinski definition) is 5. The first kappa shape index (κ1) is 17.2. The van der Waals surface area contributed by atoms with Crippen LogP contribution in [-0.2, 0) is 11.2 Å². The number of carboxylic acid groups (broad SMARTS) is 1. The standard InChI is InChI=1S/C11H15N3O3.C2H6/c12-9(11(16)17)5-7-1-3-8(4-2-7)10(15)6-14-13;1-2/h1-4,9,14H,5-6,12-13H2,(H,16,17);1-2H3. The molecule has 1 aromatic rings. The van der Waals surface area contributed by atoms with E-state index in [0.29, 0.717) is 5.56 Å². The van der Waals surface area contributed by atoms with Crippen molar-refractivity contribution in [2.24, 2.45) is 11.6 Å². The van der Waals surface area contributed by atoms with Crippen molar-refractivity contribution < 1.29 is 14.7 Å². The molecule has 1 atom stereocenters. The van der Waals surface area contributed by atoms with E-state index in [2.05, 4.69) is 5.43 Å². The molecule has 0 radical (unpaired) electrons. The van der Waals surface area contributed by atoms with E-state index in [0.717, 1.165) is 5.56 Å². The molecule has 0 aliphatic carbocycles. The third-order valence-electron chi connectivity index (χ3n) is 2.31. The zero-order valence-electron chi connectivity index (χ0n) is 11.2. The molecule has 6 N–H and O–H groups in total. The predicted molar refractivity (Wildman–Crippen MR) is 73.6 cm³/mol. The number of carboxylic acids is 1. The van der Waals surface area contributed by atoms with Gasteiger partial charge >= 0.3 is 5.97 Å². The maximum atomic E-state index is 11.4. The number of aliphatic carboxylic acids is 1. The number of hydrogen-bond donors (Lipinski definition) is 4. The Morgan fingerprint density at radius 1 is 1.26 bits per heavy atom. The summed E-state index contributed by atoms with van der Waals surface area (Å²) in [4.78, 5) is 22.0. The Hall–Kier alpha value is -1.76. The molecule has 0 spiro atoms. The molecular weight excluding hydrogens is 246 g/mol. The average Bonchev–Trinajstić information content (AvgIpc) is 2.42. The Bertz CT molecular complexity index is 404. The molecule has 6 nitrogen and oxygen atoms in total. The maximum Gasteiger partial charge on any atom is 0.320 e.